The van der Waals surface area contributed by atoms with Gasteiger partial charge in [-0.3, -0.25) is 4.90 Å². The minimum atomic E-state index is -0.336. The highest BCUT2D eigenvalue weighted by atomic mass is 16.5. The van der Waals surface area contributed by atoms with Crippen LogP contribution in [-0.2, 0) is 11.3 Å². The molecule has 0 amide bonds. The topological polar surface area (TPSA) is 70.2 Å². The molecule has 2 aromatic heterocycles. The van der Waals surface area contributed by atoms with Gasteiger partial charge in [0.05, 0.1) is 12.3 Å². The summed E-state index contributed by atoms with van der Waals surface area (Å²) in [6, 6.07) is 12.8. The number of likely N-dealkylation sites (tertiary alicyclic amines) is 1. The molecule has 1 aromatic carbocycles. The fourth-order valence-corrected chi connectivity index (χ4v) is 3.89. The molecule has 0 unspecified atom stereocenters. The molecule has 0 radical (unpaired) electrons. The third-order valence-corrected chi connectivity index (χ3v) is 5.18. The normalized spacial score (nSPS) is 17.5. The number of ether oxygens (including phenoxy) is 1. The number of carbonyl (C=O) groups excluding carboxylic acids is 1. The molecular formula is C22H26N4O2. The fraction of sp³-hybridized carbons (Fsp3) is 0.364. The monoisotopic (exact) mass is 378 g/mol. The number of aromatic nitrogens is 2. The molecule has 3 aromatic rings. The second-order valence-electron chi connectivity index (χ2n) is 7.21. The highest BCUT2D eigenvalue weighted by Gasteiger charge is 2.24. The summed E-state index contributed by atoms with van der Waals surface area (Å²) >= 11 is 0. The zero-order valence-electron chi connectivity index (χ0n) is 16.1. The van der Waals surface area contributed by atoms with Crippen molar-refractivity contribution in [2.75, 3.05) is 25.0 Å². The Labute approximate surface area is 164 Å². The van der Waals surface area contributed by atoms with Crippen molar-refractivity contribution in [3.8, 4) is 0 Å². The Morgan fingerprint density at radius 2 is 2.18 bits per heavy atom. The molecule has 28 heavy (non-hydrogen) atoms. The zero-order chi connectivity index (χ0) is 19.3. The van der Waals surface area contributed by atoms with Crippen LogP contribution in [0.4, 0.5) is 5.69 Å². The lowest BCUT2D eigenvalue weighted by molar-refractivity contribution is 0.0527. The summed E-state index contributed by atoms with van der Waals surface area (Å²) in [6.45, 7) is 5.13. The molecule has 1 saturated heterocycles. The summed E-state index contributed by atoms with van der Waals surface area (Å²) in [5.41, 5.74) is 3.41. The van der Waals surface area contributed by atoms with Gasteiger partial charge in [-0.1, -0.05) is 30.3 Å². The Morgan fingerprint density at radius 3 is 3.00 bits per heavy atom. The van der Waals surface area contributed by atoms with Gasteiger partial charge in [0.15, 0.2) is 0 Å². The quantitative estimate of drug-likeness (QED) is 0.638. The molecule has 2 N–H and O–H groups in total. The molecule has 6 heteroatoms. The van der Waals surface area contributed by atoms with Gasteiger partial charge in [-0.05, 0) is 37.9 Å². The third kappa shape index (κ3) is 4.02. The van der Waals surface area contributed by atoms with Crippen LogP contribution in [-0.4, -0.2) is 46.6 Å². The Morgan fingerprint density at radius 1 is 1.32 bits per heavy atom. The number of fused-ring (bicyclic) bond motifs is 1. The van der Waals surface area contributed by atoms with Gasteiger partial charge >= 0.3 is 5.97 Å². The van der Waals surface area contributed by atoms with Crippen molar-refractivity contribution < 1.29 is 9.53 Å². The van der Waals surface area contributed by atoms with E-state index in [2.05, 4.69) is 44.5 Å². The molecule has 1 atom stereocenters. The molecule has 1 fully saturated rings. The SMILES string of the molecule is CCOC(=O)c1cnc2[nH]ccc2c1N[C@H]1CCCN(Cc2ccccc2)C1. The van der Waals surface area contributed by atoms with E-state index in [0.29, 0.717) is 12.2 Å². The van der Waals surface area contributed by atoms with Crippen molar-refractivity contribution in [3.05, 3.63) is 59.9 Å². The van der Waals surface area contributed by atoms with Crippen molar-refractivity contribution in [3.63, 3.8) is 0 Å². The summed E-state index contributed by atoms with van der Waals surface area (Å²) in [7, 11) is 0. The van der Waals surface area contributed by atoms with Crippen LogP contribution in [0.5, 0.6) is 0 Å². The first kappa shape index (κ1) is 18.5. The molecule has 0 saturated carbocycles. The summed E-state index contributed by atoms with van der Waals surface area (Å²) in [5.74, 6) is -0.336. The molecule has 146 valence electrons. The fourth-order valence-electron chi connectivity index (χ4n) is 3.89. The number of hydrogen-bond donors (Lipinski definition) is 2. The van der Waals surface area contributed by atoms with Crippen LogP contribution in [0.1, 0.15) is 35.7 Å². The summed E-state index contributed by atoms with van der Waals surface area (Å²) < 4.78 is 5.24. The standard InChI is InChI=1S/C22H26N4O2/c1-2-28-22(27)19-13-24-21-18(10-11-23-21)20(19)25-17-9-6-12-26(15-17)14-16-7-4-3-5-8-16/h3-5,7-8,10-11,13,17H,2,6,9,12,14-15H2,1H3,(H2,23,24,25)/t17-/m0/s1. The van der Waals surface area contributed by atoms with E-state index < -0.39 is 0 Å². The van der Waals surface area contributed by atoms with Crippen LogP contribution >= 0.6 is 0 Å². The van der Waals surface area contributed by atoms with Crippen LogP contribution in [0.2, 0.25) is 0 Å². The average molecular weight is 378 g/mol. The smallest absolute Gasteiger partial charge is 0.341 e. The average Bonchev–Trinajstić information content (AvgIpc) is 3.19. The van der Waals surface area contributed by atoms with E-state index in [1.165, 1.54) is 5.56 Å². The number of aromatic amines is 1. The van der Waals surface area contributed by atoms with Crippen LogP contribution in [0.3, 0.4) is 0 Å². The molecular weight excluding hydrogens is 352 g/mol. The number of esters is 1. The number of piperidine rings is 1. The van der Waals surface area contributed by atoms with Gasteiger partial charge in [0.25, 0.3) is 0 Å². The van der Waals surface area contributed by atoms with E-state index in [-0.39, 0.29) is 12.0 Å². The van der Waals surface area contributed by atoms with Gasteiger partial charge in [0.1, 0.15) is 11.2 Å². The molecule has 4 rings (SSSR count). The predicted octanol–water partition coefficient (Wildman–Crippen LogP) is 3.82. The van der Waals surface area contributed by atoms with E-state index in [0.717, 1.165) is 49.2 Å². The number of carbonyl (C=O) groups is 1. The minimum Gasteiger partial charge on any atom is -0.462 e. The summed E-state index contributed by atoms with van der Waals surface area (Å²) in [6.07, 6.45) is 5.65. The molecule has 1 aliphatic rings. The number of pyridine rings is 1. The number of rotatable bonds is 6. The summed E-state index contributed by atoms with van der Waals surface area (Å²) in [5, 5.41) is 4.55. The van der Waals surface area contributed by atoms with Gasteiger partial charge in [0.2, 0.25) is 0 Å². The van der Waals surface area contributed by atoms with Crippen LogP contribution in [0.25, 0.3) is 11.0 Å². The Bertz CT molecular complexity index is 938. The maximum atomic E-state index is 12.5. The molecule has 0 aliphatic carbocycles. The number of anilines is 1. The number of hydrogen-bond acceptors (Lipinski definition) is 5. The number of H-pyrrole nitrogens is 1. The van der Waals surface area contributed by atoms with Crippen molar-refractivity contribution in [1.82, 2.24) is 14.9 Å². The van der Waals surface area contributed by atoms with Crippen molar-refractivity contribution >= 4 is 22.7 Å². The van der Waals surface area contributed by atoms with Crippen molar-refractivity contribution in [2.24, 2.45) is 0 Å². The zero-order valence-corrected chi connectivity index (χ0v) is 16.1. The maximum Gasteiger partial charge on any atom is 0.341 e. The number of nitrogens with zero attached hydrogens (tertiary/aromatic N) is 2. The minimum absolute atomic E-state index is 0.270. The van der Waals surface area contributed by atoms with Gasteiger partial charge in [-0.15, -0.1) is 0 Å². The second-order valence-corrected chi connectivity index (χ2v) is 7.21. The molecule has 6 nitrogen and oxygen atoms in total. The number of benzene rings is 1. The Hall–Kier alpha value is -2.86. The first-order valence-electron chi connectivity index (χ1n) is 9.90. The first-order valence-corrected chi connectivity index (χ1v) is 9.90. The van der Waals surface area contributed by atoms with E-state index in [1.807, 2.05) is 25.3 Å². The van der Waals surface area contributed by atoms with Gasteiger partial charge in [-0.25, -0.2) is 9.78 Å². The molecule has 3 heterocycles. The highest BCUT2D eigenvalue weighted by Crippen LogP contribution is 2.28. The van der Waals surface area contributed by atoms with E-state index >= 15 is 0 Å². The molecule has 0 bridgehead atoms. The lowest BCUT2D eigenvalue weighted by Crippen LogP contribution is -2.41. The maximum absolute atomic E-state index is 12.5. The van der Waals surface area contributed by atoms with E-state index in [4.69, 9.17) is 4.74 Å². The second kappa shape index (κ2) is 8.44. The van der Waals surface area contributed by atoms with E-state index in [1.54, 1.807) is 6.20 Å². The lowest BCUT2D eigenvalue weighted by atomic mass is 10.0. The highest BCUT2D eigenvalue weighted by molar-refractivity contribution is 6.04. The van der Waals surface area contributed by atoms with Crippen LogP contribution < -0.4 is 5.32 Å². The van der Waals surface area contributed by atoms with Gasteiger partial charge in [0, 0.05) is 36.9 Å². The third-order valence-electron chi connectivity index (χ3n) is 5.18. The largest absolute Gasteiger partial charge is 0.462 e. The van der Waals surface area contributed by atoms with E-state index in [9.17, 15) is 4.79 Å². The summed E-state index contributed by atoms with van der Waals surface area (Å²) in [4.78, 5) is 22.4. The predicted molar refractivity (Wildman–Crippen MR) is 110 cm³/mol. The van der Waals surface area contributed by atoms with Gasteiger partial charge < -0.3 is 15.0 Å². The van der Waals surface area contributed by atoms with Crippen molar-refractivity contribution in [1.29, 1.82) is 0 Å². The Kier molecular flexibility index (Phi) is 5.58. The van der Waals surface area contributed by atoms with Crippen LogP contribution in [0.15, 0.2) is 48.8 Å². The van der Waals surface area contributed by atoms with Crippen LogP contribution in [0, 0.1) is 0 Å². The first-order chi connectivity index (χ1) is 13.7. The molecule has 0 spiro atoms. The lowest BCUT2D eigenvalue weighted by Gasteiger charge is -2.34. The Balaban J connectivity index is 1.54. The van der Waals surface area contributed by atoms with Crippen molar-refractivity contribution in [2.45, 2.75) is 32.4 Å². The van der Waals surface area contributed by atoms with Gasteiger partial charge in [-0.2, -0.15) is 0 Å². The molecule has 1 aliphatic heterocycles. The number of nitrogens with one attached hydrogen (secondary N) is 2.